The van der Waals surface area contributed by atoms with Crippen LogP contribution in [-0.4, -0.2) is 56.0 Å². The molecule has 0 atom stereocenters. The summed E-state index contributed by atoms with van der Waals surface area (Å²) < 4.78 is 2.01. The Hall–Kier alpha value is -2.18. The van der Waals surface area contributed by atoms with Gasteiger partial charge in [0, 0.05) is 49.9 Å². The molecule has 0 aliphatic carbocycles. The summed E-state index contributed by atoms with van der Waals surface area (Å²) in [7, 11) is 0. The first kappa shape index (κ1) is 16.3. The van der Waals surface area contributed by atoms with Crippen molar-refractivity contribution < 1.29 is 0 Å². The highest BCUT2D eigenvalue weighted by Gasteiger charge is 2.16. The maximum absolute atomic E-state index is 4.39. The molecule has 2 aromatic heterocycles. The van der Waals surface area contributed by atoms with Gasteiger partial charge in [0.1, 0.15) is 0 Å². The summed E-state index contributed by atoms with van der Waals surface area (Å²) in [4.78, 5) is 5.11. The Morgan fingerprint density at radius 3 is 2.56 bits per heavy atom. The molecule has 0 amide bonds. The maximum Gasteiger partial charge on any atom is 0.0653 e. The van der Waals surface area contributed by atoms with Gasteiger partial charge in [-0.05, 0) is 38.1 Å². The van der Waals surface area contributed by atoms with Crippen LogP contribution in [0.4, 0.5) is 0 Å². The number of nitrogens with zero attached hydrogens (tertiary/aromatic N) is 5. The lowest BCUT2D eigenvalue weighted by molar-refractivity contribution is 0.247. The predicted octanol–water partition coefficient (Wildman–Crippen LogP) is 2.49. The van der Waals surface area contributed by atoms with Crippen molar-refractivity contribution in [3.8, 4) is 0 Å². The molecule has 1 aromatic carbocycles. The normalized spacial score (nSPS) is 17.2. The molecule has 1 aliphatic heterocycles. The van der Waals surface area contributed by atoms with Crippen molar-refractivity contribution in [2.75, 3.05) is 26.2 Å². The first-order valence-electron chi connectivity index (χ1n) is 9.18. The molecule has 132 valence electrons. The molecule has 1 aliphatic rings. The molecule has 25 heavy (non-hydrogen) atoms. The first-order valence-corrected chi connectivity index (χ1v) is 9.18. The second-order valence-electron chi connectivity index (χ2n) is 6.90. The molecule has 3 heterocycles. The lowest BCUT2D eigenvalue weighted by Gasteiger charge is -2.21. The molecule has 0 spiro atoms. The standard InChI is InChI=1S/C19H26N6/c1-2-25-15-17(11-21-25)14-24-7-3-6-23(8-9-24)13-16-4-5-18-12-20-22-19(18)10-16/h4-5,10-12,15H,2-3,6-9,13-14H2,1H3,(H,20,22). The third-order valence-electron chi connectivity index (χ3n) is 5.01. The fourth-order valence-electron chi connectivity index (χ4n) is 3.60. The molecule has 1 N–H and O–H groups in total. The van der Waals surface area contributed by atoms with Gasteiger partial charge in [-0.2, -0.15) is 10.2 Å². The van der Waals surface area contributed by atoms with Crippen molar-refractivity contribution in [1.82, 2.24) is 29.8 Å². The van der Waals surface area contributed by atoms with E-state index in [4.69, 9.17) is 0 Å². The summed E-state index contributed by atoms with van der Waals surface area (Å²) in [6, 6.07) is 6.60. The van der Waals surface area contributed by atoms with Gasteiger partial charge in [-0.15, -0.1) is 0 Å². The Bertz CT molecular complexity index is 820. The smallest absolute Gasteiger partial charge is 0.0653 e. The first-order chi connectivity index (χ1) is 12.3. The summed E-state index contributed by atoms with van der Waals surface area (Å²) in [5.74, 6) is 0. The largest absolute Gasteiger partial charge is 0.298 e. The van der Waals surface area contributed by atoms with Crippen LogP contribution in [-0.2, 0) is 19.6 Å². The van der Waals surface area contributed by atoms with Gasteiger partial charge in [0.2, 0.25) is 0 Å². The van der Waals surface area contributed by atoms with Gasteiger partial charge in [0.15, 0.2) is 0 Å². The third-order valence-corrected chi connectivity index (χ3v) is 5.01. The second-order valence-corrected chi connectivity index (χ2v) is 6.90. The lowest BCUT2D eigenvalue weighted by Crippen LogP contribution is -2.30. The number of rotatable bonds is 5. The van der Waals surface area contributed by atoms with Crippen molar-refractivity contribution in [1.29, 1.82) is 0 Å². The topological polar surface area (TPSA) is 53.0 Å². The van der Waals surface area contributed by atoms with Crippen molar-refractivity contribution in [3.05, 3.63) is 47.9 Å². The van der Waals surface area contributed by atoms with Crippen LogP contribution in [0.1, 0.15) is 24.5 Å². The van der Waals surface area contributed by atoms with Crippen LogP contribution in [0.25, 0.3) is 10.9 Å². The van der Waals surface area contributed by atoms with Crippen LogP contribution in [0.3, 0.4) is 0 Å². The molecular weight excluding hydrogens is 312 g/mol. The predicted molar refractivity (Wildman–Crippen MR) is 99.2 cm³/mol. The summed E-state index contributed by atoms with van der Waals surface area (Å²) in [6.07, 6.45) is 7.27. The van der Waals surface area contributed by atoms with Crippen molar-refractivity contribution in [2.24, 2.45) is 0 Å². The zero-order valence-electron chi connectivity index (χ0n) is 14.9. The highest BCUT2D eigenvalue weighted by atomic mass is 15.3. The van der Waals surface area contributed by atoms with Gasteiger partial charge in [-0.3, -0.25) is 19.6 Å². The number of aryl methyl sites for hydroxylation is 1. The van der Waals surface area contributed by atoms with E-state index in [2.05, 4.69) is 56.4 Å². The summed E-state index contributed by atoms with van der Waals surface area (Å²) in [5.41, 5.74) is 3.80. The van der Waals surface area contributed by atoms with Crippen molar-refractivity contribution in [2.45, 2.75) is 33.0 Å². The average molecular weight is 338 g/mol. The van der Waals surface area contributed by atoms with Gasteiger partial charge in [0.05, 0.1) is 17.9 Å². The highest BCUT2D eigenvalue weighted by molar-refractivity contribution is 5.78. The number of aromatic amines is 1. The van der Waals surface area contributed by atoms with Gasteiger partial charge in [0.25, 0.3) is 0 Å². The number of benzene rings is 1. The molecule has 0 saturated carbocycles. The average Bonchev–Trinajstić information content (AvgIpc) is 3.22. The number of H-pyrrole nitrogens is 1. The van der Waals surface area contributed by atoms with Crippen LogP contribution in [0.5, 0.6) is 0 Å². The summed E-state index contributed by atoms with van der Waals surface area (Å²) >= 11 is 0. The van der Waals surface area contributed by atoms with E-state index in [1.807, 2.05) is 17.1 Å². The molecular formula is C19H26N6. The Labute approximate surface area is 148 Å². The highest BCUT2D eigenvalue weighted by Crippen LogP contribution is 2.16. The molecule has 0 unspecified atom stereocenters. The minimum absolute atomic E-state index is 0.939. The fraction of sp³-hybridized carbons (Fsp3) is 0.474. The zero-order valence-corrected chi connectivity index (χ0v) is 14.9. The monoisotopic (exact) mass is 338 g/mol. The van der Waals surface area contributed by atoms with E-state index < -0.39 is 0 Å². The molecule has 1 fully saturated rings. The van der Waals surface area contributed by atoms with Gasteiger partial charge >= 0.3 is 0 Å². The van der Waals surface area contributed by atoms with E-state index in [0.29, 0.717) is 0 Å². The summed E-state index contributed by atoms with van der Waals surface area (Å²) in [5, 5.41) is 12.7. The fourth-order valence-corrected chi connectivity index (χ4v) is 3.60. The Kier molecular flexibility index (Phi) is 4.81. The van der Waals surface area contributed by atoms with Gasteiger partial charge < -0.3 is 0 Å². The van der Waals surface area contributed by atoms with E-state index in [9.17, 15) is 0 Å². The molecule has 4 rings (SSSR count). The Balaban J connectivity index is 1.34. The second kappa shape index (κ2) is 7.37. The summed E-state index contributed by atoms with van der Waals surface area (Å²) in [6.45, 7) is 9.63. The lowest BCUT2D eigenvalue weighted by atomic mass is 10.1. The van der Waals surface area contributed by atoms with Gasteiger partial charge in [-0.25, -0.2) is 0 Å². The van der Waals surface area contributed by atoms with E-state index in [-0.39, 0.29) is 0 Å². The minimum Gasteiger partial charge on any atom is -0.298 e. The minimum atomic E-state index is 0.939. The number of hydrogen-bond donors (Lipinski definition) is 1. The van der Waals surface area contributed by atoms with Crippen LogP contribution < -0.4 is 0 Å². The third kappa shape index (κ3) is 3.91. The van der Waals surface area contributed by atoms with E-state index in [1.165, 1.54) is 22.9 Å². The van der Waals surface area contributed by atoms with Crippen LogP contribution in [0, 0.1) is 0 Å². The molecule has 6 nitrogen and oxygen atoms in total. The van der Waals surface area contributed by atoms with Crippen LogP contribution >= 0.6 is 0 Å². The number of fused-ring (bicyclic) bond motifs is 1. The Morgan fingerprint density at radius 2 is 1.80 bits per heavy atom. The molecule has 1 saturated heterocycles. The molecule has 0 radical (unpaired) electrons. The van der Waals surface area contributed by atoms with Crippen molar-refractivity contribution >= 4 is 10.9 Å². The molecule has 6 heteroatoms. The van der Waals surface area contributed by atoms with Gasteiger partial charge in [-0.1, -0.05) is 12.1 Å². The van der Waals surface area contributed by atoms with E-state index in [1.54, 1.807) is 0 Å². The van der Waals surface area contributed by atoms with Crippen molar-refractivity contribution in [3.63, 3.8) is 0 Å². The number of aromatic nitrogens is 4. The SMILES string of the molecule is CCn1cc(CN2CCCN(Cc3ccc4cn[nH]c4c3)CC2)cn1. The molecule has 3 aromatic rings. The quantitative estimate of drug-likeness (QED) is 0.776. The zero-order chi connectivity index (χ0) is 17.1. The maximum atomic E-state index is 4.39. The van der Waals surface area contributed by atoms with E-state index >= 15 is 0 Å². The van der Waals surface area contributed by atoms with Crippen LogP contribution in [0.15, 0.2) is 36.8 Å². The Morgan fingerprint density at radius 1 is 1.00 bits per heavy atom. The number of hydrogen-bond acceptors (Lipinski definition) is 4. The number of nitrogens with one attached hydrogen (secondary N) is 1. The molecule has 0 bridgehead atoms. The van der Waals surface area contributed by atoms with E-state index in [0.717, 1.165) is 51.3 Å². The van der Waals surface area contributed by atoms with Crippen LogP contribution in [0.2, 0.25) is 0 Å².